The van der Waals surface area contributed by atoms with Crippen molar-refractivity contribution in [2.75, 3.05) is 0 Å². The van der Waals surface area contributed by atoms with Gasteiger partial charge in [-0.2, -0.15) is 0 Å². The van der Waals surface area contributed by atoms with Gasteiger partial charge in [0.25, 0.3) is 5.91 Å². The Labute approximate surface area is 138 Å². The molecule has 0 aliphatic carbocycles. The van der Waals surface area contributed by atoms with E-state index in [4.69, 9.17) is 0 Å². The number of benzene rings is 2. The number of carbonyl (C=O) groups is 1. The summed E-state index contributed by atoms with van der Waals surface area (Å²) >= 11 is 2.06. The van der Waals surface area contributed by atoms with Crippen LogP contribution in [0.2, 0.25) is 0 Å². The molecule has 1 N–H and O–H groups in total. The summed E-state index contributed by atoms with van der Waals surface area (Å²) in [4.78, 5) is 12.0. The highest BCUT2D eigenvalue weighted by Crippen LogP contribution is 2.22. The first-order valence-electron chi connectivity index (χ1n) is 6.22. The number of hydrogen-bond acceptors (Lipinski definition) is 2. The second kappa shape index (κ2) is 6.99. The minimum absolute atomic E-state index is 0.218. The summed E-state index contributed by atoms with van der Waals surface area (Å²) < 4.78 is 40.7. The number of hydrogen-bond donors (Lipinski definition) is 1. The fourth-order valence-corrected chi connectivity index (χ4v) is 2.36. The summed E-state index contributed by atoms with van der Waals surface area (Å²) in [5.74, 6) is -0.527. The third-order valence-electron chi connectivity index (χ3n) is 2.73. The van der Waals surface area contributed by atoms with Crippen LogP contribution in [0.1, 0.15) is 15.9 Å². The fourth-order valence-electron chi connectivity index (χ4n) is 1.73. The van der Waals surface area contributed by atoms with E-state index in [-0.39, 0.29) is 18.2 Å². The lowest BCUT2D eigenvalue weighted by Gasteiger charge is -2.10. The first kappa shape index (κ1) is 16.6. The Morgan fingerprint density at radius 2 is 1.73 bits per heavy atom. The van der Waals surface area contributed by atoms with Crippen molar-refractivity contribution in [1.82, 2.24) is 5.32 Å². The highest BCUT2D eigenvalue weighted by Gasteiger charge is 2.30. The number of halogens is 4. The number of ether oxygens (including phenoxy) is 1. The van der Waals surface area contributed by atoms with E-state index in [1.54, 1.807) is 12.1 Å². The normalized spacial score (nSPS) is 11.1. The van der Waals surface area contributed by atoms with Crippen molar-refractivity contribution >= 4 is 28.5 Å². The van der Waals surface area contributed by atoms with Gasteiger partial charge in [0.1, 0.15) is 5.75 Å². The van der Waals surface area contributed by atoms with Crippen LogP contribution >= 0.6 is 22.6 Å². The first-order valence-corrected chi connectivity index (χ1v) is 7.30. The Balaban J connectivity index is 1.95. The SMILES string of the molecule is O=C(NCc1ccc(OC(F)(F)F)cc1)c1ccccc1I. The third-order valence-corrected chi connectivity index (χ3v) is 3.67. The van der Waals surface area contributed by atoms with E-state index in [9.17, 15) is 18.0 Å². The zero-order valence-corrected chi connectivity index (χ0v) is 13.3. The van der Waals surface area contributed by atoms with Crippen LogP contribution in [0.25, 0.3) is 0 Å². The van der Waals surface area contributed by atoms with Gasteiger partial charge in [-0.3, -0.25) is 4.79 Å². The highest BCUT2D eigenvalue weighted by atomic mass is 127. The average molecular weight is 421 g/mol. The van der Waals surface area contributed by atoms with Gasteiger partial charge in [-0.1, -0.05) is 24.3 Å². The number of carbonyl (C=O) groups excluding carboxylic acids is 1. The van der Waals surface area contributed by atoms with Crippen LogP contribution in [0.3, 0.4) is 0 Å². The van der Waals surface area contributed by atoms with Crippen molar-refractivity contribution in [2.45, 2.75) is 12.9 Å². The second-order valence-corrected chi connectivity index (χ2v) is 5.52. The van der Waals surface area contributed by atoms with E-state index in [2.05, 4.69) is 32.6 Å². The minimum Gasteiger partial charge on any atom is -0.406 e. The molecule has 0 aliphatic heterocycles. The lowest BCUT2D eigenvalue weighted by atomic mass is 10.2. The number of nitrogens with one attached hydrogen (secondary N) is 1. The van der Waals surface area contributed by atoms with Crippen LogP contribution < -0.4 is 10.1 Å². The van der Waals surface area contributed by atoms with Gasteiger partial charge in [-0.15, -0.1) is 13.2 Å². The van der Waals surface area contributed by atoms with Crippen LogP contribution in [-0.2, 0) is 6.54 Å². The molecular weight excluding hydrogens is 410 g/mol. The first-order chi connectivity index (χ1) is 10.3. The Morgan fingerprint density at radius 1 is 1.09 bits per heavy atom. The van der Waals surface area contributed by atoms with E-state index >= 15 is 0 Å². The van der Waals surface area contributed by atoms with E-state index in [0.29, 0.717) is 11.1 Å². The van der Waals surface area contributed by atoms with Crippen LogP contribution in [-0.4, -0.2) is 12.3 Å². The third kappa shape index (κ3) is 4.90. The molecule has 116 valence electrons. The maximum Gasteiger partial charge on any atom is 0.573 e. The lowest BCUT2D eigenvalue weighted by molar-refractivity contribution is -0.274. The van der Waals surface area contributed by atoms with Gasteiger partial charge < -0.3 is 10.1 Å². The minimum atomic E-state index is -4.71. The molecule has 0 unspecified atom stereocenters. The zero-order chi connectivity index (χ0) is 16.2. The molecule has 0 heterocycles. The maximum absolute atomic E-state index is 12.0. The van der Waals surface area contributed by atoms with Gasteiger partial charge in [-0.25, -0.2) is 0 Å². The van der Waals surface area contributed by atoms with E-state index in [0.717, 1.165) is 3.57 Å². The van der Waals surface area contributed by atoms with E-state index in [1.807, 2.05) is 12.1 Å². The van der Waals surface area contributed by atoms with Gasteiger partial charge in [0.15, 0.2) is 0 Å². The number of alkyl halides is 3. The van der Waals surface area contributed by atoms with Crippen molar-refractivity contribution < 1.29 is 22.7 Å². The fraction of sp³-hybridized carbons (Fsp3) is 0.133. The molecule has 7 heteroatoms. The molecule has 0 spiro atoms. The maximum atomic E-state index is 12.0. The molecule has 3 nitrogen and oxygen atoms in total. The largest absolute Gasteiger partial charge is 0.573 e. The highest BCUT2D eigenvalue weighted by molar-refractivity contribution is 14.1. The molecule has 0 saturated carbocycles. The molecule has 0 fully saturated rings. The summed E-state index contributed by atoms with van der Waals surface area (Å²) in [6.45, 7) is 0.218. The van der Waals surface area contributed by atoms with E-state index in [1.165, 1.54) is 24.3 Å². The molecule has 2 aromatic rings. The molecule has 0 aromatic heterocycles. The predicted molar refractivity (Wildman–Crippen MR) is 83.5 cm³/mol. The summed E-state index contributed by atoms with van der Waals surface area (Å²) in [5.41, 5.74) is 1.23. The van der Waals surface area contributed by atoms with E-state index < -0.39 is 6.36 Å². The average Bonchev–Trinajstić information content (AvgIpc) is 2.45. The monoisotopic (exact) mass is 421 g/mol. The molecular formula is C15H11F3INO2. The molecule has 0 radical (unpaired) electrons. The molecule has 22 heavy (non-hydrogen) atoms. The smallest absolute Gasteiger partial charge is 0.406 e. The van der Waals surface area contributed by atoms with Crippen LogP contribution in [0.15, 0.2) is 48.5 Å². The molecule has 0 aliphatic rings. The number of amides is 1. The predicted octanol–water partition coefficient (Wildman–Crippen LogP) is 4.12. The lowest BCUT2D eigenvalue weighted by Crippen LogP contribution is -2.23. The van der Waals surface area contributed by atoms with Crippen molar-refractivity contribution in [1.29, 1.82) is 0 Å². The number of rotatable bonds is 4. The Hall–Kier alpha value is -1.77. The Morgan fingerprint density at radius 3 is 2.32 bits per heavy atom. The summed E-state index contributed by atoms with van der Waals surface area (Å²) in [7, 11) is 0. The second-order valence-electron chi connectivity index (χ2n) is 4.35. The summed E-state index contributed by atoms with van der Waals surface area (Å²) in [5, 5.41) is 2.72. The van der Waals surface area contributed by atoms with Gasteiger partial charge >= 0.3 is 6.36 Å². The van der Waals surface area contributed by atoms with Crippen molar-refractivity contribution in [3.8, 4) is 5.75 Å². The Kier molecular flexibility index (Phi) is 5.28. The topological polar surface area (TPSA) is 38.3 Å². The van der Waals surface area contributed by atoms with Gasteiger partial charge in [0.05, 0.1) is 5.56 Å². The van der Waals surface area contributed by atoms with Crippen LogP contribution in [0, 0.1) is 3.57 Å². The molecule has 2 rings (SSSR count). The van der Waals surface area contributed by atoms with Gasteiger partial charge in [0.2, 0.25) is 0 Å². The molecule has 2 aromatic carbocycles. The molecule has 0 atom stereocenters. The van der Waals surface area contributed by atoms with Crippen molar-refractivity contribution in [2.24, 2.45) is 0 Å². The molecule has 0 bridgehead atoms. The summed E-state index contributed by atoms with van der Waals surface area (Å²) in [6, 6.07) is 12.5. The molecule has 1 amide bonds. The standard InChI is InChI=1S/C15H11F3INO2/c16-15(17,18)22-11-7-5-10(6-8-11)9-20-14(21)12-3-1-2-4-13(12)19/h1-8H,9H2,(H,20,21). The Bertz CT molecular complexity index is 657. The van der Waals surface area contributed by atoms with Crippen molar-refractivity contribution in [3.05, 3.63) is 63.2 Å². The molecule has 0 saturated heterocycles. The van der Waals surface area contributed by atoms with Gasteiger partial charge in [-0.05, 0) is 52.4 Å². The summed E-state index contributed by atoms with van der Waals surface area (Å²) in [6.07, 6.45) is -4.71. The van der Waals surface area contributed by atoms with Gasteiger partial charge in [0, 0.05) is 10.1 Å². The van der Waals surface area contributed by atoms with Crippen LogP contribution in [0.5, 0.6) is 5.75 Å². The quantitative estimate of drug-likeness (QED) is 0.755. The van der Waals surface area contributed by atoms with Crippen molar-refractivity contribution in [3.63, 3.8) is 0 Å². The van der Waals surface area contributed by atoms with Crippen LogP contribution in [0.4, 0.5) is 13.2 Å². The zero-order valence-electron chi connectivity index (χ0n) is 11.2.